The highest BCUT2D eigenvalue weighted by Gasteiger charge is 2.14. The fraction of sp³-hybridized carbons (Fsp3) is 0. The number of phenols is 1. The standard InChI is InChI=1S/C21H14N2O/c24-16-10-8-14(9-11-16)20-21-18(13-15-5-3-4-12-23(15)21)17-6-1-2-7-19(17)22-20/h1-13,24H. The van der Waals surface area contributed by atoms with Gasteiger partial charge in [-0.05, 0) is 48.5 Å². The molecular weight excluding hydrogens is 296 g/mol. The molecule has 0 aliphatic rings. The average Bonchev–Trinajstić information content (AvgIpc) is 3.02. The lowest BCUT2D eigenvalue weighted by atomic mass is 10.1. The molecule has 24 heavy (non-hydrogen) atoms. The lowest BCUT2D eigenvalue weighted by molar-refractivity contribution is 0.475. The first-order chi connectivity index (χ1) is 11.8. The Bertz CT molecular complexity index is 1200. The Kier molecular flexibility index (Phi) is 2.65. The first-order valence-electron chi connectivity index (χ1n) is 7.89. The highest BCUT2D eigenvalue weighted by atomic mass is 16.3. The van der Waals surface area contributed by atoms with Gasteiger partial charge in [0.1, 0.15) is 5.75 Å². The molecular formula is C21H14N2O. The van der Waals surface area contributed by atoms with Crippen LogP contribution in [-0.2, 0) is 0 Å². The normalized spacial score (nSPS) is 11.5. The minimum Gasteiger partial charge on any atom is -0.508 e. The van der Waals surface area contributed by atoms with E-state index in [4.69, 9.17) is 4.98 Å². The van der Waals surface area contributed by atoms with Crippen LogP contribution in [0.1, 0.15) is 0 Å². The summed E-state index contributed by atoms with van der Waals surface area (Å²) < 4.78 is 2.18. The van der Waals surface area contributed by atoms with Crippen LogP contribution in [0.4, 0.5) is 0 Å². The van der Waals surface area contributed by atoms with Crippen LogP contribution in [0, 0.1) is 0 Å². The molecule has 0 fully saturated rings. The van der Waals surface area contributed by atoms with Crippen LogP contribution >= 0.6 is 0 Å². The maximum Gasteiger partial charge on any atom is 0.115 e. The van der Waals surface area contributed by atoms with E-state index in [1.807, 2.05) is 42.5 Å². The number of nitrogens with zero attached hydrogens (tertiary/aromatic N) is 2. The van der Waals surface area contributed by atoms with Gasteiger partial charge in [-0.15, -0.1) is 0 Å². The number of pyridine rings is 2. The Morgan fingerprint density at radius 3 is 2.46 bits per heavy atom. The third-order valence-corrected chi connectivity index (χ3v) is 4.47. The summed E-state index contributed by atoms with van der Waals surface area (Å²) in [5, 5.41) is 11.9. The fourth-order valence-electron chi connectivity index (χ4n) is 3.36. The van der Waals surface area contributed by atoms with E-state index in [2.05, 4.69) is 28.8 Å². The van der Waals surface area contributed by atoms with Gasteiger partial charge in [-0.3, -0.25) is 0 Å². The number of aromatic hydroxyl groups is 1. The fourth-order valence-corrected chi connectivity index (χ4v) is 3.36. The van der Waals surface area contributed by atoms with Crippen LogP contribution < -0.4 is 0 Å². The lowest BCUT2D eigenvalue weighted by Gasteiger charge is -2.08. The molecule has 0 aliphatic heterocycles. The number of fused-ring (bicyclic) bond motifs is 5. The van der Waals surface area contributed by atoms with Gasteiger partial charge < -0.3 is 9.51 Å². The third-order valence-electron chi connectivity index (χ3n) is 4.47. The van der Waals surface area contributed by atoms with Gasteiger partial charge in [0.2, 0.25) is 0 Å². The summed E-state index contributed by atoms with van der Waals surface area (Å²) in [6.45, 7) is 0. The van der Waals surface area contributed by atoms with E-state index in [1.54, 1.807) is 12.1 Å². The second-order valence-corrected chi connectivity index (χ2v) is 5.93. The monoisotopic (exact) mass is 310 g/mol. The molecule has 0 saturated heterocycles. The maximum atomic E-state index is 9.59. The molecule has 0 amide bonds. The van der Waals surface area contributed by atoms with Crippen LogP contribution in [-0.4, -0.2) is 14.5 Å². The number of hydrogen-bond donors (Lipinski definition) is 1. The molecule has 5 rings (SSSR count). The van der Waals surface area contributed by atoms with E-state index in [1.165, 1.54) is 5.39 Å². The van der Waals surface area contributed by atoms with Crippen molar-refractivity contribution in [1.29, 1.82) is 0 Å². The van der Waals surface area contributed by atoms with Gasteiger partial charge in [0.25, 0.3) is 0 Å². The zero-order chi connectivity index (χ0) is 16.1. The molecule has 0 unspecified atom stereocenters. The number of para-hydroxylation sites is 1. The Morgan fingerprint density at radius 2 is 1.58 bits per heavy atom. The summed E-state index contributed by atoms with van der Waals surface area (Å²) in [6.07, 6.45) is 2.07. The molecule has 0 spiro atoms. The van der Waals surface area contributed by atoms with E-state index < -0.39 is 0 Å². The summed E-state index contributed by atoms with van der Waals surface area (Å²) in [4.78, 5) is 4.92. The Morgan fingerprint density at radius 1 is 0.792 bits per heavy atom. The zero-order valence-electron chi connectivity index (χ0n) is 12.8. The van der Waals surface area contributed by atoms with Gasteiger partial charge >= 0.3 is 0 Å². The van der Waals surface area contributed by atoms with Crippen molar-refractivity contribution in [2.24, 2.45) is 0 Å². The number of phenolic OH excluding ortho intramolecular Hbond substituents is 1. The first kappa shape index (κ1) is 13.1. The first-order valence-corrected chi connectivity index (χ1v) is 7.89. The molecule has 114 valence electrons. The van der Waals surface area contributed by atoms with Gasteiger partial charge in [0.05, 0.1) is 16.7 Å². The molecule has 0 aliphatic carbocycles. The molecule has 0 saturated carbocycles. The van der Waals surface area contributed by atoms with Crippen molar-refractivity contribution in [3.63, 3.8) is 0 Å². The van der Waals surface area contributed by atoms with Gasteiger partial charge in [-0.25, -0.2) is 4.98 Å². The van der Waals surface area contributed by atoms with E-state index in [9.17, 15) is 5.11 Å². The van der Waals surface area contributed by atoms with E-state index in [0.717, 1.165) is 33.2 Å². The molecule has 5 aromatic rings. The molecule has 3 nitrogen and oxygen atoms in total. The van der Waals surface area contributed by atoms with Gasteiger partial charge in [0.15, 0.2) is 0 Å². The predicted molar refractivity (Wildman–Crippen MR) is 97.3 cm³/mol. The predicted octanol–water partition coefficient (Wildman–Crippen LogP) is 5.01. The highest BCUT2D eigenvalue weighted by Crippen LogP contribution is 2.34. The molecule has 1 N–H and O–H groups in total. The van der Waals surface area contributed by atoms with Crippen molar-refractivity contribution in [3.05, 3.63) is 79.0 Å². The van der Waals surface area contributed by atoms with Crippen LogP contribution in [0.2, 0.25) is 0 Å². The highest BCUT2D eigenvalue weighted by molar-refractivity contribution is 6.12. The van der Waals surface area contributed by atoms with Crippen molar-refractivity contribution >= 4 is 27.3 Å². The van der Waals surface area contributed by atoms with Crippen molar-refractivity contribution in [1.82, 2.24) is 9.38 Å². The van der Waals surface area contributed by atoms with Crippen molar-refractivity contribution in [2.45, 2.75) is 0 Å². The Labute approximate surface area is 138 Å². The second kappa shape index (κ2) is 4.83. The minimum absolute atomic E-state index is 0.260. The smallest absolute Gasteiger partial charge is 0.115 e. The molecule has 0 radical (unpaired) electrons. The van der Waals surface area contributed by atoms with Gasteiger partial charge in [0, 0.05) is 28.0 Å². The van der Waals surface area contributed by atoms with Crippen molar-refractivity contribution in [3.8, 4) is 17.0 Å². The average molecular weight is 310 g/mol. The summed E-state index contributed by atoms with van der Waals surface area (Å²) >= 11 is 0. The molecule has 0 bridgehead atoms. The van der Waals surface area contributed by atoms with Crippen LogP contribution in [0.25, 0.3) is 38.6 Å². The summed E-state index contributed by atoms with van der Waals surface area (Å²) in [7, 11) is 0. The van der Waals surface area contributed by atoms with Crippen LogP contribution in [0.5, 0.6) is 5.75 Å². The number of hydrogen-bond acceptors (Lipinski definition) is 2. The summed E-state index contributed by atoms with van der Waals surface area (Å²) in [6, 6.07) is 23.8. The Hall–Kier alpha value is -3.33. The largest absolute Gasteiger partial charge is 0.508 e. The maximum absolute atomic E-state index is 9.59. The molecule has 3 heterocycles. The quantitative estimate of drug-likeness (QED) is 0.472. The van der Waals surface area contributed by atoms with Gasteiger partial charge in [-0.2, -0.15) is 0 Å². The number of benzene rings is 2. The number of aromatic nitrogens is 2. The SMILES string of the molecule is Oc1ccc(-c2nc3ccccc3c3cc4ccccn4c23)cc1. The van der Waals surface area contributed by atoms with Crippen molar-refractivity contribution in [2.75, 3.05) is 0 Å². The number of rotatable bonds is 1. The van der Waals surface area contributed by atoms with Crippen LogP contribution in [0.3, 0.4) is 0 Å². The van der Waals surface area contributed by atoms with E-state index >= 15 is 0 Å². The second-order valence-electron chi connectivity index (χ2n) is 5.93. The molecule has 3 heteroatoms. The topological polar surface area (TPSA) is 37.5 Å². The van der Waals surface area contributed by atoms with Gasteiger partial charge in [-0.1, -0.05) is 24.3 Å². The lowest BCUT2D eigenvalue weighted by Crippen LogP contribution is -1.91. The molecule has 3 aromatic heterocycles. The Balaban J connectivity index is 2.01. The van der Waals surface area contributed by atoms with E-state index in [-0.39, 0.29) is 5.75 Å². The zero-order valence-corrected chi connectivity index (χ0v) is 12.8. The minimum atomic E-state index is 0.260. The third kappa shape index (κ3) is 1.82. The summed E-state index contributed by atoms with van der Waals surface area (Å²) in [5.74, 6) is 0.260. The molecule has 2 aromatic carbocycles. The van der Waals surface area contributed by atoms with Crippen LogP contribution in [0.15, 0.2) is 79.0 Å². The van der Waals surface area contributed by atoms with E-state index in [0.29, 0.717) is 0 Å². The summed E-state index contributed by atoms with van der Waals surface area (Å²) in [5.41, 5.74) is 5.13. The molecule has 0 atom stereocenters. The van der Waals surface area contributed by atoms with Crippen molar-refractivity contribution < 1.29 is 5.11 Å².